The van der Waals surface area contributed by atoms with Crippen LogP contribution in [0.4, 0.5) is 0 Å². The van der Waals surface area contributed by atoms with Crippen molar-refractivity contribution in [2.75, 3.05) is 0 Å². The molecule has 0 fully saturated rings. The highest BCUT2D eigenvalue weighted by molar-refractivity contribution is 6.25. The predicted octanol–water partition coefficient (Wildman–Crippen LogP) is 8.94. The maximum atomic E-state index is 4.21. The highest BCUT2D eigenvalue weighted by Gasteiger charge is 2.11. The van der Waals surface area contributed by atoms with Crippen LogP contribution in [0.3, 0.4) is 0 Å². The van der Waals surface area contributed by atoms with Gasteiger partial charge < -0.3 is 0 Å². The van der Waals surface area contributed by atoms with Gasteiger partial charge in [0.25, 0.3) is 0 Å². The topological polar surface area (TPSA) is 25.8 Å². The van der Waals surface area contributed by atoms with Crippen LogP contribution in [0.25, 0.3) is 65.7 Å². The van der Waals surface area contributed by atoms with Gasteiger partial charge in [0.15, 0.2) is 0 Å². The van der Waals surface area contributed by atoms with Crippen molar-refractivity contribution in [3.05, 3.63) is 134 Å². The van der Waals surface area contributed by atoms with Crippen molar-refractivity contribution in [1.82, 2.24) is 9.97 Å². The minimum Gasteiger partial charge on any atom is -0.265 e. The third-order valence-electron chi connectivity index (χ3n) is 7.04. The minimum atomic E-state index is 1.15. The van der Waals surface area contributed by atoms with Crippen LogP contribution in [0.5, 0.6) is 0 Å². The van der Waals surface area contributed by atoms with Gasteiger partial charge in [-0.25, -0.2) is 0 Å². The Morgan fingerprint density at radius 1 is 0.278 bits per heavy atom. The molecule has 7 aromatic rings. The Balaban J connectivity index is 1.51. The summed E-state index contributed by atoms with van der Waals surface area (Å²) in [6.45, 7) is 0. The molecule has 0 aliphatic carbocycles. The minimum absolute atomic E-state index is 1.15. The zero-order valence-electron chi connectivity index (χ0n) is 19.6. The van der Waals surface area contributed by atoms with E-state index in [1.54, 1.807) is 0 Å². The fourth-order valence-electron chi connectivity index (χ4n) is 5.30. The summed E-state index contributed by atoms with van der Waals surface area (Å²) >= 11 is 0. The van der Waals surface area contributed by atoms with E-state index in [0.717, 1.165) is 11.1 Å². The quantitative estimate of drug-likeness (QED) is 0.247. The smallest absolute Gasteiger partial charge is 0.0273 e. The Morgan fingerprint density at radius 3 is 1.14 bits per heavy atom. The third kappa shape index (κ3) is 3.43. The lowest BCUT2D eigenvalue weighted by Gasteiger charge is -2.14. The molecule has 2 aromatic heterocycles. The lowest BCUT2D eigenvalue weighted by Crippen LogP contribution is -1.88. The van der Waals surface area contributed by atoms with Gasteiger partial charge in [-0.15, -0.1) is 0 Å². The summed E-state index contributed by atoms with van der Waals surface area (Å²) in [6.07, 6.45) is 7.39. The van der Waals surface area contributed by atoms with E-state index in [9.17, 15) is 0 Å². The fraction of sp³-hybridized carbons (Fsp3) is 0. The molecule has 36 heavy (non-hydrogen) atoms. The van der Waals surface area contributed by atoms with Crippen molar-refractivity contribution >= 4 is 32.3 Å². The number of aromatic nitrogens is 2. The Labute approximate surface area is 209 Å². The summed E-state index contributed by atoms with van der Waals surface area (Å²) in [4.78, 5) is 8.42. The van der Waals surface area contributed by atoms with E-state index in [-0.39, 0.29) is 0 Å². The largest absolute Gasteiger partial charge is 0.265 e. The maximum Gasteiger partial charge on any atom is 0.0273 e. The Bertz CT molecular complexity index is 1780. The van der Waals surface area contributed by atoms with Gasteiger partial charge in [-0.05, 0) is 114 Å². The zero-order valence-corrected chi connectivity index (χ0v) is 19.6. The number of fused-ring (bicyclic) bond motifs is 6. The molecule has 7 rings (SSSR count). The van der Waals surface area contributed by atoms with Gasteiger partial charge in [0.05, 0.1) is 0 Å². The van der Waals surface area contributed by atoms with Gasteiger partial charge in [0.2, 0.25) is 0 Å². The van der Waals surface area contributed by atoms with Gasteiger partial charge in [0.1, 0.15) is 0 Å². The SMILES string of the molecule is c1ccc2c(c1)c1ccccc1c1cc(-c3cc(-c4ccncc4)cc(-c4ccncc4)c3)ccc21. The molecule has 0 bridgehead atoms. The molecule has 0 N–H and O–H groups in total. The van der Waals surface area contributed by atoms with Crippen molar-refractivity contribution in [1.29, 1.82) is 0 Å². The van der Waals surface area contributed by atoms with Crippen LogP contribution in [-0.4, -0.2) is 9.97 Å². The van der Waals surface area contributed by atoms with E-state index in [0.29, 0.717) is 0 Å². The molecule has 0 spiro atoms. The van der Waals surface area contributed by atoms with Crippen LogP contribution < -0.4 is 0 Å². The first-order valence-corrected chi connectivity index (χ1v) is 12.1. The van der Waals surface area contributed by atoms with E-state index >= 15 is 0 Å². The summed E-state index contributed by atoms with van der Waals surface area (Å²) in [5, 5.41) is 7.73. The van der Waals surface area contributed by atoms with Gasteiger partial charge >= 0.3 is 0 Å². The maximum absolute atomic E-state index is 4.21. The van der Waals surface area contributed by atoms with E-state index in [1.807, 2.05) is 24.8 Å². The van der Waals surface area contributed by atoms with Crippen molar-refractivity contribution in [3.63, 3.8) is 0 Å². The first-order chi connectivity index (χ1) is 17.8. The number of hydrogen-bond donors (Lipinski definition) is 0. The zero-order chi connectivity index (χ0) is 23.9. The predicted molar refractivity (Wildman–Crippen MR) is 151 cm³/mol. The Morgan fingerprint density at radius 2 is 0.667 bits per heavy atom. The molecule has 0 amide bonds. The molecule has 168 valence electrons. The van der Waals surface area contributed by atoms with Gasteiger partial charge in [-0.2, -0.15) is 0 Å². The van der Waals surface area contributed by atoms with Crippen LogP contribution in [0.1, 0.15) is 0 Å². The lowest BCUT2D eigenvalue weighted by atomic mass is 9.90. The first kappa shape index (κ1) is 20.5. The van der Waals surface area contributed by atoms with Crippen LogP contribution in [0.15, 0.2) is 134 Å². The van der Waals surface area contributed by atoms with E-state index in [4.69, 9.17) is 0 Å². The second-order valence-corrected chi connectivity index (χ2v) is 9.12. The number of pyridine rings is 2. The van der Waals surface area contributed by atoms with Gasteiger partial charge in [0, 0.05) is 24.8 Å². The molecule has 0 aliphatic heterocycles. The summed E-state index contributed by atoms with van der Waals surface area (Å²) < 4.78 is 0. The second kappa shape index (κ2) is 8.44. The molecule has 0 radical (unpaired) electrons. The van der Waals surface area contributed by atoms with Crippen LogP contribution in [0.2, 0.25) is 0 Å². The average Bonchev–Trinajstić information content (AvgIpc) is 2.98. The standard InChI is InChI=1S/C34H22N2/c1-2-7-31-29(5-1)30-6-3-4-8-32(30)34-22-25(9-10-33(31)34)28-20-26(23-11-15-35-16-12-23)19-27(21-28)24-13-17-36-18-14-24/h1-22H. The Kier molecular flexibility index (Phi) is 4.82. The number of nitrogens with zero attached hydrogens (tertiary/aromatic N) is 2. The highest BCUT2D eigenvalue weighted by atomic mass is 14.6. The summed E-state index contributed by atoms with van der Waals surface area (Å²) in [6, 6.07) is 39.4. The van der Waals surface area contributed by atoms with Crippen molar-refractivity contribution in [2.24, 2.45) is 0 Å². The van der Waals surface area contributed by atoms with Gasteiger partial charge in [-0.1, -0.05) is 60.7 Å². The molecule has 0 aliphatic rings. The molecule has 0 atom stereocenters. The van der Waals surface area contributed by atoms with E-state index in [1.165, 1.54) is 54.6 Å². The van der Waals surface area contributed by atoms with Crippen molar-refractivity contribution < 1.29 is 0 Å². The summed E-state index contributed by atoms with van der Waals surface area (Å²) in [7, 11) is 0. The van der Waals surface area contributed by atoms with Crippen LogP contribution >= 0.6 is 0 Å². The van der Waals surface area contributed by atoms with Gasteiger partial charge in [-0.3, -0.25) is 9.97 Å². The number of rotatable bonds is 3. The Hall–Kier alpha value is -4.82. The molecule has 0 saturated carbocycles. The van der Waals surface area contributed by atoms with Crippen LogP contribution in [-0.2, 0) is 0 Å². The first-order valence-electron chi connectivity index (χ1n) is 12.1. The monoisotopic (exact) mass is 458 g/mol. The normalized spacial score (nSPS) is 11.3. The molecule has 0 unspecified atom stereocenters. The highest BCUT2D eigenvalue weighted by Crippen LogP contribution is 2.38. The number of benzene rings is 5. The molecule has 5 aromatic carbocycles. The molecule has 0 saturated heterocycles. The third-order valence-corrected chi connectivity index (χ3v) is 7.04. The molecule has 2 heteroatoms. The molecular weight excluding hydrogens is 436 g/mol. The summed E-state index contributed by atoms with van der Waals surface area (Å²) in [5.74, 6) is 0. The van der Waals surface area contributed by atoms with E-state index in [2.05, 4.69) is 119 Å². The van der Waals surface area contributed by atoms with Crippen LogP contribution in [0, 0.1) is 0 Å². The fourth-order valence-corrected chi connectivity index (χ4v) is 5.30. The van der Waals surface area contributed by atoms with Crippen molar-refractivity contribution in [2.45, 2.75) is 0 Å². The second-order valence-electron chi connectivity index (χ2n) is 9.12. The lowest BCUT2D eigenvalue weighted by molar-refractivity contribution is 1.33. The van der Waals surface area contributed by atoms with E-state index < -0.39 is 0 Å². The molecule has 2 nitrogen and oxygen atoms in total. The molecule has 2 heterocycles. The average molecular weight is 459 g/mol. The van der Waals surface area contributed by atoms with Crippen molar-refractivity contribution in [3.8, 4) is 33.4 Å². The summed E-state index contributed by atoms with van der Waals surface area (Å²) in [5.41, 5.74) is 7.04. The number of hydrogen-bond acceptors (Lipinski definition) is 2. The molecular formula is C34H22N2.